The lowest BCUT2D eigenvalue weighted by molar-refractivity contribution is -0.116. The summed E-state index contributed by atoms with van der Waals surface area (Å²) < 4.78 is 10.0. The molecule has 0 spiro atoms. The van der Waals surface area contributed by atoms with Crippen LogP contribution in [0, 0.1) is 0 Å². The minimum absolute atomic E-state index is 0.145. The molecular formula is C13H17NO3. The second kappa shape index (κ2) is 7.46. The van der Waals surface area contributed by atoms with E-state index in [-0.39, 0.29) is 5.91 Å². The number of methoxy groups -OCH3 is 2. The highest BCUT2D eigenvalue weighted by molar-refractivity contribution is 5.92. The number of carbonyl (C=O) groups excluding carboxylic acids is 1. The zero-order valence-electron chi connectivity index (χ0n) is 10.1. The fourth-order valence-corrected chi connectivity index (χ4v) is 1.30. The highest BCUT2D eigenvalue weighted by Gasteiger charge is 1.98. The number of ether oxygens (including phenoxy) is 2. The zero-order chi connectivity index (χ0) is 12.5. The monoisotopic (exact) mass is 235 g/mol. The molecule has 17 heavy (non-hydrogen) atoms. The van der Waals surface area contributed by atoms with Gasteiger partial charge in [-0.1, -0.05) is 18.2 Å². The SMILES string of the molecule is COCCNC(=O)/C=C/c1ccccc1OC. The molecule has 0 saturated carbocycles. The summed E-state index contributed by atoms with van der Waals surface area (Å²) in [5.41, 5.74) is 0.872. The van der Waals surface area contributed by atoms with E-state index in [0.29, 0.717) is 13.2 Å². The van der Waals surface area contributed by atoms with Gasteiger partial charge in [-0.2, -0.15) is 0 Å². The summed E-state index contributed by atoms with van der Waals surface area (Å²) in [5.74, 6) is 0.599. The normalized spacial score (nSPS) is 10.5. The molecule has 0 aliphatic rings. The Bertz CT molecular complexity index is 388. The number of hydrogen-bond acceptors (Lipinski definition) is 3. The van der Waals surface area contributed by atoms with Gasteiger partial charge in [0.25, 0.3) is 0 Å². The second-order valence-corrected chi connectivity index (χ2v) is 3.36. The molecule has 1 N–H and O–H groups in total. The van der Waals surface area contributed by atoms with Crippen LogP contribution in [-0.4, -0.2) is 33.3 Å². The standard InChI is InChI=1S/C13H17NO3/c1-16-10-9-14-13(15)8-7-11-5-3-4-6-12(11)17-2/h3-8H,9-10H2,1-2H3,(H,14,15)/b8-7+. The van der Waals surface area contributed by atoms with Crippen LogP contribution in [0.1, 0.15) is 5.56 Å². The van der Waals surface area contributed by atoms with E-state index < -0.39 is 0 Å². The van der Waals surface area contributed by atoms with Crippen molar-refractivity contribution in [3.8, 4) is 5.75 Å². The van der Waals surface area contributed by atoms with Crippen LogP contribution in [0.3, 0.4) is 0 Å². The van der Waals surface area contributed by atoms with Crippen LogP contribution >= 0.6 is 0 Å². The second-order valence-electron chi connectivity index (χ2n) is 3.36. The average molecular weight is 235 g/mol. The van der Waals surface area contributed by atoms with E-state index in [0.717, 1.165) is 11.3 Å². The molecule has 0 aliphatic carbocycles. The fourth-order valence-electron chi connectivity index (χ4n) is 1.30. The van der Waals surface area contributed by atoms with E-state index >= 15 is 0 Å². The number of hydrogen-bond donors (Lipinski definition) is 1. The lowest BCUT2D eigenvalue weighted by atomic mass is 10.2. The van der Waals surface area contributed by atoms with Gasteiger partial charge in [0.1, 0.15) is 5.75 Å². The van der Waals surface area contributed by atoms with Gasteiger partial charge in [0.15, 0.2) is 0 Å². The van der Waals surface area contributed by atoms with Crippen LogP contribution in [0.5, 0.6) is 5.75 Å². The molecule has 1 rings (SSSR count). The third-order valence-corrected chi connectivity index (χ3v) is 2.16. The first-order valence-corrected chi connectivity index (χ1v) is 5.36. The Labute approximate surface area is 101 Å². The Balaban J connectivity index is 2.54. The van der Waals surface area contributed by atoms with Gasteiger partial charge >= 0.3 is 0 Å². The van der Waals surface area contributed by atoms with Crippen molar-refractivity contribution in [2.45, 2.75) is 0 Å². The molecule has 4 nitrogen and oxygen atoms in total. The van der Waals surface area contributed by atoms with Crippen molar-refractivity contribution in [3.63, 3.8) is 0 Å². The molecular weight excluding hydrogens is 218 g/mol. The van der Waals surface area contributed by atoms with Crippen molar-refractivity contribution in [2.24, 2.45) is 0 Å². The van der Waals surface area contributed by atoms with Crippen LogP contribution in [-0.2, 0) is 9.53 Å². The Morgan fingerprint density at radius 2 is 2.12 bits per heavy atom. The molecule has 0 bridgehead atoms. The topological polar surface area (TPSA) is 47.6 Å². The Morgan fingerprint density at radius 3 is 2.82 bits per heavy atom. The fraction of sp³-hybridized carbons (Fsp3) is 0.308. The van der Waals surface area contributed by atoms with Gasteiger partial charge in [-0.3, -0.25) is 4.79 Å². The van der Waals surface area contributed by atoms with Crippen molar-refractivity contribution < 1.29 is 14.3 Å². The summed E-state index contributed by atoms with van der Waals surface area (Å²) in [6.45, 7) is 1.01. The summed E-state index contributed by atoms with van der Waals surface area (Å²) in [6.07, 6.45) is 3.20. The third-order valence-electron chi connectivity index (χ3n) is 2.16. The summed E-state index contributed by atoms with van der Waals surface area (Å²) in [5, 5.41) is 2.70. The Kier molecular flexibility index (Phi) is 5.82. The molecule has 0 unspecified atom stereocenters. The first-order valence-electron chi connectivity index (χ1n) is 5.36. The number of amides is 1. The van der Waals surface area contributed by atoms with Crippen molar-refractivity contribution in [2.75, 3.05) is 27.4 Å². The Hall–Kier alpha value is -1.81. The van der Waals surface area contributed by atoms with Gasteiger partial charge in [-0.15, -0.1) is 0 Å². The maximum Gasteiger partial charge on any atom is 0.244 e. The average Bonchev–Trinajstić information content (AvgIpc) is 2.37. The van der Waals surface area contributed by atoms with Crippen LogP contribution in [0.15, 0.2) is 30.3 Å². The lowest BCUT2D eigenvalue weighted by Crippen LogP contribution is -2.24. The van der Waals surface area contributed by atoms with Crippen molar-refractivity contribution in [3.05, 3.63) is 35.9 Å². The lowest BCUT2D eigenvalue weighted by Gasteiger charge is -2.03. The number of rotatable bonds is 6. The quantitative estimate of drug-likeness (QED) is 0.600. The van der Waals surface area contributed by atoms with Gasteiger partial charge < -0.3 is 14.8 Å². The molecule has 0 saturated heterocycles. The van der Waals surface area contributed by atoms with Crippen LogP contribution in [0.4, 0.5) is 0 Å². The van der Waals surface area contributed by atoms with Gasteiger partial charge in [0.2, 0.25) is 5.91 Å². The predicted octanol–water partition coefficient (Wildman–Crippen LogP) is 1.47. The molecule has 0 fully saturated rings. The van der Waals surface area contributed by atoms with Crippen molar-refractivity contribution in [1.82, 2.24) is 5.32 Å². The van der Waals surface area contributed by atoms with Gasteiger partial charge in [-0.05, 0) is 12.1 Å². The molecule has 0 heterocycles. The number of nitrogens with one attached hydrogen (secondary N) is 1. The maximum absolute atomic E-state index is 11.4. The molecule has 1 amide bonds. The Morgan fingerprint density at radius 1 is 1.35 bits per heavy atom. The summed E-state index contributed by atoms with van der Waals surface area (Å²) >= 11 is 0. The highest BCUT2D eigenvalue weighted by atomic mass is 16.5. The number of benzene rings is 1. The molecule has 0 aliphatic heterocycles. The van der Waals surface area contributed by atoms with Gasteiger partial charge in [0.05, 0.1) is 13.7 Å². The van der Waals surface area contributed by atoms with Gasteiger partial charge in [0, 0.05) is 25.3 Å². The molecule has 4 heteroatoms. The molecule has 0 aromatic heterocycles. The highest BCUT2D eigenvalue weighted by Crippen LogP contribution is 2.18. The van der Waals surface area contributed by atoms with Crippen LogP contribution in [0.25, 0.3) is 6.08 Å². The van der Waals surface area contributed by atoms with E-state index in [2.05, 4.69) is 5.32 Å². The first-order chi connectivity index (χ1) is 8.27. The smallest absolute Gasteiger partial charge is 0.244 e. The van der Waals surface area contributed by atoms with E-state index in [1.165, 1.54) is 6.08 Å². The minimum atomic E-state index is -0.145. The van der Waals surface area contributed by atoms with E-state index in [1.807, 2.05) is 24.3 Å². The number of carbonyl (C=O) groups is 1. The van der Waals surface area contributed by atoms with E-state index in [9.17, 15) is 4.79 Å². The largest absolute Gasteiger partial charge is 0.496 e. The first kappa shape index (κ1) is 13.3. The molecule has 1 aromatic carbocycles. The van der Waals surface area contributed by atoms with Crippen LogP contribution in [0.2, 0.25) is 0 Å². The van der Waals surface area contributed by atoms with Gasteiger partial charge in [-0.25, -0.2) is 0 Å². The predicted molar refractivity (Wildman–Crippen MR) is 66.9 cm³/mol. The molecule has 0 atom stereocenters. The maximum atomic E-state index is 11.4. The minimum Gasteiger partial charge on any atom is -0.496 e. The molecule has 1 aromatic rings. The molecule has 92 valence electrons. The van der Waals surface area contributed by atoms with Crippen LogP contribution < -0.4 is 10.1 Å². The third kappa shape index (κ3) is 4.70. The number of para-hydroxylation sites is 1. The summed E-state index contributed by atoms with van der Waals surface area (Å²) in [6, 6.07) is 7.51. The van der Waals surface area contributed by atoms with E-state index in [1.54, 1.807) is 20.3 Å². The molecule has 0 radical (unpaired) electrons. The zero-order valence-corrected chi connectivity index (χ0v) is 10.1. The van der Waals surface area contributed by atoms with Crippen molar-refractivity contribution >= 4 is 12.0 Å². The summed E-state index contributed by atoms with van der Waals surface area (Å²) in [4.78, 5) is 11.4. The summed E-state index contributed by atoms with van der Waals surface area (Å²) in [7, 11) is 3.20. The van der Waals surface area contributed by atoms with E-state index in [4.69, 9.17) is 9.47 Å². The van der Waals surface area contributed by atoms with Crippen molar-refractivity contribution in [1.29, 1.82) is 0 Å².